The van der Waals surface area contributed by atoms with Gasteiger partial charge in [-0.05, 0) is 44.0 Å². The number of nitrogens with one attached hydrogen (secondary N) is 1. The van der Waals surface area contributed by atoms with E-state index < -0.39 is 18.5 Å². The molecule has 0 saturated heterocycles. The number of nitrogens with zero attached hydrogens (tertiary/aromatic N) is 3. The number of furan rings is 1. The van der Waals surface area contributed by atoms with Crippen LogP contribution in [0.4, 0.5) is 5.82 Å². The van der Waals surface area contributed by atoms with Crippen LogP contribution < -0.4 is 5.32 Å². The van der Waals surface area contributed by atoms with E-state index in [-0.39, 0.29) is 5.69 Å². The number of carbonyl (C=O) groups is 2. The topological polar surface area (TPSA) is 99.2 Å². The number of thiazole rings is 1. The summed E-state index contributed by atoms with van der Waals surface area (Å²) in [6, 6.07) is 15.0. The van der Waals surface area contributed by atoms with E-state index in [2.05, 4.69) is 15.4 Å². The zero-order chi connectivity index (χ0) is 22.1. The van der Waals surface area contributed by atoms with Crippen molar-refractivity contribution in [1.29, 1.82) is 0 Å². The molecule has 0 radical (unpaired) electrons. The van der Waals surface area contributed by atoms with E-state index in [9.17, 15) is 9.59 Å². The Balaban J connectivity index is 1.26. The molecule has 9 heteroatoms. The van der Waals surface area contributed by atoms with E-state index in [1.54, 1.807) is 30.0 Å². The second kappa shape index (κ2) is 8.43. The third-order valence-electron chi connectivity index (χ3n) is 5.05. The first kappa shape index (κ1) is 20.2. The number of benzene rings is 1. The number of esters is 1. The molecule has 0 bridgehead atoms. The molecule has 0 spiro atoms. The molecule has 1 N–H and O–H groups in total. The number of carbonyl (C=O) groups excluding carboxylic acids is 2. The zero-order valence-electron chi connectivity index (χ0n) is 17.3. The van der Waals surface area contributed by atoms with Crippen molar-refractivity contribution in [3.8, 4) is 16.5 Å². The van der Waals surface area contributed by atoms with Crippen molar-refractivity contribution in [2.75, 3.05) is 11.9 Å². The highest BCUT2D eigenvalue weighted by Crippen LogP contribution is 2.40. The Kier molecular flexibility index (Phi) is 5.32. The molecule has 3 heterocycles. The molecule has 0 aliphatic heterocycles. The van der Waals surface area contributed by atoms with Crippen LogP contribution in [0.3, 0.4) is 0 Å². The summed E-state index contributed by atoms with van der Waals surface area (Å²) in [6.45, 7) is 1.35. The highest BCUT2D eigenvalue weighted by molar-refractivity contribution is 7.15. The first-order chi connectivity index (χ1) is 15.6. The standard InChI is InChI=1S/C23H20N4O4S/c1-14-21(25-22(32-14)18-8-5-11-30-18)23(29)31-13-20(28)24-19-12-17(15-9-10-15)26-27(19)16-6-3-2-4-7-16/h2-8,11-12,15H,9-10,13H2,1H3,(H,24,28). The zero-order valence-corrected chi connectivity index (χ0v) is 18.1. The molecule has 1 amide bonds. The molecule has 1 fully saturated rings. The molecule has 5 rings (SSSR count). The number of aryl methyl sites for hydroxylation is 1. The second-order valence-corrected chi connectivity index (χ2v) is 8.70. The lowest BCUT2D eigenvalue weighted by Gasteiger charge is -2.09. The second-order valence-electron chi connectivity index (χ2n) is 7.50. The van der Waals surface area contributed by atoms with Crippen LogP contribution in [0.5, 0.6) is 0 Å². The van der Waals surface area contributed by atoms with Gasteiger partial charge >= 0.3 is 5.97 Å². The molecular formula is C23H20N4O4S. The lowest BCUT2D eigenvalue weighted by molar-refractivity contribution is -0.119. The van der Waals surface area contributed by atoms with Crippen molar-refractivity contribution >= 4 is 29.0 Å². The summed E-state index contributed by atoms with van der Waals surface area (Å²) in [7, 11) is 0. The molecule has 0 atom stereocenters. The van der Waals surface area contributed by atoms with Gasteiger partial charge in [0.2, 0.25) is 0 Å². The highest BCUT2D eigenvalue weighted by atomic mass is 32.1. The van der Waals surface area contributed by atoms with Gasteiger partial charge in [-0.25, -0.2) is 14.5 Å². The summed E-state index contributed by atoms with van der Waals surface area (Å²) in [4.78, 5) is 30.0. The number of hydrogen-bond acceptors (Lipinski definition) is 7. The summed E-state index contributed by atoms with van der Waals surface area (Å²) in [5.41, 5.74) is 1.97. The lowest BCUT2D eigenvalue weighted by atomic mass is 10.3. The fourth-order valence-electron chi connectivity index (χ4n) is 3.30. The van der Waals surface area contributed by atoms with Crippen molar-refractivity contribution in [2.24, 2.45) is 0 Å². The summed E-state index contributed by atoms with van der Waals surface area (Å²) in [6.07, 6.45) is 3.75. The van der Waals surface area contributed by atoms with Gasteiger partial charge in [0.15, 0.2) is 23.1 Å². The molecule has 32 heavy (non-hydrogen) atoms. The van der Waals surface area contributed by atoms with E-state index in [1.807, 2.05) is 36.4 Å². The minimum Gasteiger partial charge on any atom is -0.462 e. The summed E-state index contributed by atoms with van der Waals surface area (Å²) in [5.74, 6) is 0.461. The van der Waals surface area contributed by atoms with Gasteiger partial charge in [-0.3, -0.25) is 4.79 Å². The molecule has 0 unspecified atom stereocenters. The number of hydrogen-bond donors (Lipinski definition) is 1. The van der Waals surface area contributed by atoms with E-state index in [4.69, 9.17) is 9.15 Å². The summed E-state index contributed by atoms with van der Waals surface area (Å²) < 4.78 is 12.2. The molecule has 1 aliphatic carbocycles. The summed E-state index contributed by atoms with van der Waals surface area (Å²) >= 11 is 1.33. The predicted octanol–water partition coefficient (Wildman–Crippen LogP) is 4.57. The van der Waals surface area contributed by atoms with Gasteiger partial charge in [-0.1, -0.05) is 18.2 Å². The van der Waals surface area contributed by atoms with Crippen LogP contribution in [-0.2, 0) is 9.53 Å². The minimum atomic E-state index is -0.651. The maximum atomic E-state index is 12.5. The normalized spacial score (nSPS) is 13.2. The first-order valence-corrected chi connectivity index (χ1v) is 11.0. The van der Waals surface area contributed by atoms with Gasteiger partial charge in [-0.15, -0.1) is 11.3 Å². The van der Waals surface area contributed by atoms with Crippen molar-refractivity contribution in [1.82, 2.24) is 14.8 Å². The highest BCUT2D eigenvalue weighted by Gasteiger charge is 2.28. The molecular weight excluding hydrogens is 428 g/mol. The van der Waals surface area contributed by atoms with E-state index >= 15 is 0 Å². The maximum Gasteiger partial charge on any atom is 0.358 e. The fraction of sp³-hybridized carbons (Fsp3) is 0.217. The van der Waals surface area contributed by atoms with E-state index in [1.165, 1.54) is 11.3 Å². The first-order valence-electron chi connectivity index (χ1n) is 10.2. The average Bonchev–Trinajstić information content (AvgIpc) is 3.18. The molecule has 3 aromatic heterocycles. The number of ether oxygens (including phenoxy) is 1. The van der Waals surface area contributed by atoms with Crippen LogP contribution in [0.25, 0.3) is 16.5 Å². The monoisotopic (exact) mass is 448 g/mol. The van der Waals surface area contributed by atoms with Crippen molar-refractivity contribution < 1.29 is 18.7 Å². The molecule has 1 aromatic carbocycles. The number of amides is 1. The number of rotatable bonds is 7. The van der Waals surface area contributed by atoms with Gasteiger partial charge in [0.1, 0.15) is 5.82 Å². The van der Waals surface area contributed by atoms with Crippen LogP contribution in [-0.4, -0.2) is 33.2 Å². The Morgan fingerprint density at radius 2 is 2.03 bits per heavy atom. The van der Waals surface area contributed by atoms with Crippen molar-refractivity contribution in [3.63, 3.8) is 0 Å². The Hall–Kier alpha value is -3.72. The Morgan fingerprint density at radius 1 is 1.22 bits per heavy atom. The van der Waals surface area contributed by atoms with E-state index in [0.29, 0.717) is 27.4 Å². The average molecular weight is 449 g/mol. The van der Waals surface area contributed by atoms with Crippen LogP contribution >= 0.6 is 11.3 Å². The predicted molar refractivity (Wildman–Crippen MR) is 119 cm³/mol. The Morgan fingerprint density at radius 3 is 2.75 bits per heavy atom. The van der Waals surface area contributed by atoms with E-state index in [0.717, 1.165) is 24.2 Å². The SMILES string of the molecule is Cc1sc(-c2ccco2)nc1C(=O)OCC(=O)Nc1cc(C2CC2)nn1-c1ccccc1. The fourth-order valence-corrected chi connectivity index (χ4v) is 4.17. The Labute approximate surface area is 187 Å². The third kappa shape index (κ3) is 4.19. The smallest absolute Gasteiger partial charge is 0.358 e. The largest absolute Gasteiger partial charge is 0.462 e. The summed E-state index contributed by atoms with van der Waals surface area (Å²) in [5, 5.41) is 8.05. The van der Waals surface area contributed by atoms with Crippen molar-refractivity contribution in [2.45, 2.75) is 25.7 Å². The van der Waals surface area contributed by atoms with Gasteiger partial charge in [-0.2, -0.15) is 5.10 Å². The van der Waals surface area contributed by atoms with Gasteiger partial charge in [0, 0.05) is 16.9 Å². The van der Waals surface area contributed by atoms with Crippen LogP contribution in [0.2, 0.25) is 0 Å². The molecule has 1 aliphatic rings. The number of aromatic nitrogens is 3. The van der Waals surface area contributed by atoms with Crippen LogP contribution in [0.1, 0.15) is 39.8 Å². The maximum absolute atomic E-state index is 12.5. The molecule has 1 saturated carbocycles. The quantitative estimate of drug-likeness (QED) is 0.416. The Bertz CT molecular complexity index is 1260. The lowest BCUT2D eigenvalue weighted by Crippen LogP contribution is -2.22. The molecule has 4 aromatic rings. The van der Waals surface area contributed by atoms with Gasteiger partial charge in [0.25, 0.3) is 5.91 Å². The molecule has 162 valence electrons. The molecule has 8 nitrogen and oxygen atoms in total. The minimum absolute atomic E-state index is 0.180. The number of anilines is 1. The number of para-hydroxylation sites is 1. The van der Waals surface area contributed by atoms with Gasteiger partial charge < -0.3 is 14.5 Å². The third-order valence-corrected chi connectivity index (χ3v) is 6.03. The van der Waals surface area contributed by atoms with Gasteiger partial charge in [0.05, 0.1) is 17.6 Å². The van der Waals surface area contributed by atoms with Crippen LogP contribution in [0.15, 0.2) is 59.2 Å². The van der Waals surface area contributed by atoms with Crippen LogP contribution in [0, 0.1) is 6.92 Å². The van der Waals surface area contributed by atoms with Crippen molar-refractivity contribution in [3.05, 3.63) is 71.1 Å².